The molecule has 2 aromatic rings. The normalized spacial score (nSPS) is 12.3. The van der Waals surface area contributed by atoms with Crippen LogP contribution < -0.4 is 15.4 Å². The first-order valence-corrected chi connectivity index (χ1v) is 9.11. The standard InChI is InChI=1S/C21H29FN4O.HI/c1-5-23-21(24-14-17-9-6-7-12-19(17)22)25-15-20(26(2)3)16-10-8-11-18(13-16)27-4;/h6-13,20H,5,14-15H2,1-4H3,(H2,23,24,25);1H. The third-order valence-corrected chi connectivity index (χ3v) is 4.27. The van der Waals surface area contributed by atoms with Crippen molar-refractivity contribution in [3.63, 3.8) is 0 Å². The highest BCUT2D eigenvalue weighted by Gasteiger charge is 2.15. The molecule has 0 amide bonds. The molecule has 154 valence electrons. The molecule has 2 aromatic carbocycles. The molecular formula is C21H30FIN4O. The molecule has 0 aliphatic carbocycles. The zero-order valence-corrected chi connectivity index (χ0v) is 19.2. The van der Waals surface area contributed by atoms with Gasteiger partial charge in [0.1, 0.15) is 11.6 Å². The molecule has 0 aliphatic rings. The average molecular weight is 500 g/mol. The summed E-state index contributed by atoms with van der Waals surface area (Å²) in [6.07, 6.45) is 0. The average Bonchev–Trinajstić information content (AvgIpc) is 2.67. The number of aliphatic imine (C=N–C) groups is 1. The molecule has 5 nitrogen and oxygen atoms in total. The van der Waals surface area contributed by atoms with Gasteiger partial charge in [0.25, 0.3) is 0 Å². The summed E-state index contributed by atoms with van der Waals surface area (Å²) in [5.74, 6) is 1.26. The topological polar surface area (TPSA) is 48.9 Å². The lowest BCUT2D eigenvalue weighted by molar-refractivity contribution is 0.297. The van der Waals surface area contributed by atoms with Gasteiger partial charge in [0.05, 0.1) is 19.7 Å². The third kappa shape index (κ3) is 7.27. The van der Waals surface area contributed by atoms with E-state index >= 15 is 0 Å². The number of rotatable bonds is 8. The van der Waals surface area contributed by atoms with Gasteiger partial charge in [-0.15, -0.1) is 24.0 Å². The van der Waals surface area contributed by atoms with E-state index in [2.05, 4.69) is 26.6 Å². The van der Waals surface area contributed by atoms with Gasteiger partial charge in [0.15, 0.2) is 5.96 Å². The minimum absolute atomic E-state index is 0. The maximum absolute atomic E-state index is 13.8. The summed E-state index contributed by atoms with van der Waals surface area (Å²) in [6, 6.07) is 14.9. The Morgan fingerprint density at radius 3 is 2.54 bits per heavy atom. The van der Waals surface area contributed by atoms with Crippen LogP contribution in [0, 0.1) is 5.82 Å². The Hall–Kier alpha value is -1.87. The molecule has 7 heteroatoms. The van der Waals surface area contributed by atoms with E-state index in [0.717, 1.165) is 17.9 Å². The summed E-state index contributed by atoms with van der Waals surface area (Å²) in [7, 11) is 5.74. The Balaban J connectivity index is 0.00000392. The van der Waals surface area contributed by atoms with Crippen molar-refractivity contribution in [1.82, 2.24) is 15.5 Å². The maximum atomic E-state index is 13.8. The smallest absolute Gasteiger partial charge is 0.191 e. The largest absolute Gasteiger partial charge is 0.497 e. The van der Waals surface area contributed by atoms with Gasteiger partial charge >= 0.3 is 0 Å². The Morgan fingerprint density at radius 1 is 1.14 bits per heavy atom. The zero-order chi connectivity index (χ0) is 19.6. The van der Waals surface area contributed by atoms with Crippen LogP contribution in [0.4, 0.5) is 4.39 Å². The Kier molecular flexibility index (Phi) is 10.8. The minimum atomic E-state index is -0.236. The number of likely N-dealkylation sites (N-methyl/N-ethyl adjacent to an activating group) is 1. The number of ether oxygens (including phenoxy) is 1. The lowest BCUT2D eigenvalue weighted by Crippen LogP contribution is -2.41. The second-order valence-electron chi connectivity index (χ2n) is 6.42. The quantitative estimate of drug-likeness (QED) is 0.329. The molecule has 28 heavy (non-hydrogen) atoms. The van der Waals surface area contributed by atoms with Crippen LogP contribution in [-0.2, 0) is 6.54 Å². The minimum Gasteiger partial charge on any atom is -0.497 e. The van der Waals surface area contributed by atoms with Crippen LogP contribution in [0.15, 0.2) is 53.5 Å². The molecule has 0 radical (unpaired) electrons. The predicted molar refractivity (Wildman–Crippen MR) is 124 cm³/mol. The second kappa shape index (κ2) is 12.6. The van der Waals surface area contributed by atoms with E-state index in [1.54, 1.807) is 19.2 Å². The first-order valence-electron chi connectivity index (χ1n) is 9.11. The fraction of sp³-hybridized carbons (Fsp3) is 0.381. The number of guanidine groups is 1. The van der Waals surface area contributed by atoms with Crippen molar-refractivity contribution in [2.24, 2.45) is 4.99 Å². The number of hydrogen-bond donors (Lipinski definition) is 2. The van der Waals surface area contributed by atoms with Crippen molar-refractivity contribution in [3.05, 3.63) is 65.5 Å². The summed E-state index contributed by atoms with van der Waals surface area (Å²) < 4.78 is 19.1. The highest BCUT2D eigenvalue weighted by molar-refractivity contribution is 14.0. The van der Waals surface area contributed by atoms with Gasteiger partial charge in [-0.1, -0.05) is 30.3 Å². The van der Waals surface area contributed by atoms with Crippen molar-refractivity contribution < 1.29 is 9.13 Å². The molecule has 0 heterocycles. The van der Waals surface area contributed by atoms with Crippen LogP contribution in [-0.4, -0.2) is 45.2 Å². The molecule has 0 spiro atoms. The number of methoxy groups -OCH3 is 1. The predicted octanol–water partition coefficient (Wildman–Crippen LogP) is 3.81. The van der Waals surface area contributed by atoms with Gasteiger partial charge in [-0.05, 0) is 44.8 Å². The highest BCUT2D eigenvalue weighted by Crippen LogP contribution is 2.22. The maximum Gasteiger partial charge on any atom is 0.191 e. The molecule has 2 N–H and O–H groups in total. The van der Waals surface area contributed by atoms with Gasteiger partial charge in [0, 0.05) is 18.7 Å². The zero-order valence-electron chi connectivity index (χ0n) is 16.9. The summed E-state index contributed by atoms with van der Waals surface area (Å²) in [5, 5.41) is 6.58. The lowest BCUT2D eigenvalue weighted by Gasteiger charge is -2.26. The second-order valence-corrected chi connectivity index (χ2v) is 6.42. The van der Waals surface area contributed by atoms with Crippen molar-refractivity contribution >= 4 is 29.9 Å². The van der Waals surface area contributed by atoms with Crippen molar-refractivity contribution in [1.29, 1.82) is 0 Å². The summed E-state index contributed by atoms with van der Waals surface area (Å²) >= 11 is 0. The van der Waals surface area contributed by atoms with E-state index in [1.165, 1.54) is 6.07 Å². The van der Waals surface area contributed by atoms with E-state index < -0.39 is 0 Å². The fourth-order valence-corrected chi connectivity index (χ4v) is 2.77. The van der Waals surface area contributed by atoms with E-state index in [0.29, 0.717) is 18.1 Å². The molecule has 0 bridgehead atoms. The number of halogens is 2. The van der Waals surface area contributed by atoms with Crippen molar-refractivity contribution in [2.45, 2.75) is 19.5 Å². The molecule has 1 unspecified atom stereocenters. The molecule has 1 atom stereocenters. The van der Waals surface area contributed by atoms with Gasteiger partial charge in [0.2, 0.25) is 0 Å². The Labute approximate surface area is 184 Å². The number of hydrogen-bond acceptors (Lipinski definition) is 3. The van der Waals surface area contributed by atoms with Crippen LogP contribution in [0.25, 0.3) is 0 Å². The van der Waals surface area contributed by atoms with Crippen molar-refractivity contribution in [2.75, 3.05) is 34.3 Å². The number of benzene rings is 2. The van der Waals surface area contributed by atoms with Crippen LogP contribution in [0.3, 0.4) is 0 Å². The van der Waals surface area contributed by atoms with Gasteiger partial charge in [-0.2, -0.15) is 0 Å². The lowest BCUT2D eigenvalue weighted by atomic mass is 10.1. The molecule has 0 fully saturated rings. The molecule has 0 saturated heterocycles. The molecular weight excluding hydrogens is 470 g/mol. The van der Waals surface area contributed by atoms with E-state index in [-0.39, 0.29) is 42.4 Å². The Bertz CT molecular complexity index is 755. The number of nitrogens with one attached hydrogen (secondary N) is 2. The van der Waals surface area contributed by atoms with Gasteiger partial charge in [-0.3, -0.25) is 0 Å². The molecule has 0 aliphatic heterocycles. The first kappa shape index (κ1) is 24.2. The summed E-state index contributed by atoms with van der Waals surface area (Å²) in [6.45, 7) is 3.68. The fourth-order valence-electron chi connectivity index (χ4n) is 2.77. The SMILES string of the molecule is CCNC(=NCc1ccccc1F)NCC(c1cccc(OC)c1)N(C)C.I. The van der Waals surface area contributed by atoms with Crippen LogP contribution in [0.1, 0.15) is 24.1 Å². The van der Waals surface area contributed by atoms with Crippen LogP contribution in [0.2, 0.25) is 0 Å². The monoisotopic (exact) mass is 500 g/mol. The first-order chi connectivity index (χ1) is 13.0. The van der Waals surface area contributed by atoms with Crippen LogP contribution >= 0.6 is 24.0 Å². The van der Waals surface area contributed by atoms with Gasteiger partial charge in [-0.25, -0.2) is 9.38 Å². The molecule has 2 rings (SSSR count). The van der Waals surface area contributed by atoms with E-state index in [4.69, 9.17) is 4.74 Å². The van der Waals surface area contributed by atoms with Gasteiger partial charge < -0.3 is 20.3 Å². The van der Waals surface area contributed by atoms with Crippen LogP contribution in [0.5, 0.6) is 5.75 Å². The highest BCUT2D eigenvalue weighted by atomic mass is 127. The number of nitrogens with zero attached hydrogens (tertiary/aromatic N) is 2. The van der Waals surface area contributed by atoms with E-state index in [9.17, 15) is 4.39 Å². The molecule has 0 saturated carbocycles. The molecule has 0 aromatic heterocycles. The van der Waals surface area contributed by atoms with E-state index in [1.807, 2.05) is 45.3 Å². The third-order valence-electron chi connectivity index (χ3n) is 4.27. The van der Waals surface area contributed by atoms with Crippen molar-refractivity contribution in [3.8, 4) is 5.75 Å². The summed E-state index contributed by atoms with van der Waals surface area (Å²) in [5.41, 5.74) is 1.73. The summed E-state index contributed by atoms with van der Waals surface area (Å²) in [4.78, 5) is 6.66. The Morgan fingerprint density at radius 2 is 1.89 bits per heavy atom.